The minimum Gasteiger partial charge on any atom is -0.465 e. The summed E-state index contributed by atoms with van der Waals surface area (Å²) in [5.74, 6) is 0.0730. The summed E-state index contributed by atoms with van der Waals surface area (Å²) in [5, 5.41) is 0. The molecule has 18 heavy (non-hydrogen) atoms. The summed E-state index contributed by atoms with van der Waals surface area (Å²) in [7, 11) is 0. The second-order valence-corrected chi connectivity index (χ2v) is 5.11. The first kappa shape index (κ1) is 13.1. The Morgan fingerprint density at radius 2 is 2.33 bits per heavy atom. The highest BCUT2D eigenvalue weighted by Crippen LogP contribution is 2.21. The van der Waals surface area contributed by atoms with Crippen LogP contribution in [0.2, 0.25) is 0 Å². The zero-order valence-electron chi connectivity index (χ0n) is 10.9. The number of allylic oxidation sites excluding steroid dienone is 2. The standard InChI is InChI=1S/C14H21NO3/c1-2-15-9-12(8-13(15)16)14(17)18-10-11-6-4-3-5-7-11/h3-4,11-12H,2,5-10H2,1H3/t11-,12+/m1/s1. The van der Waals surface area contributed by atoms with Crippen LogP contribution in [0.5, 0.6) is 0 Å². The number of likely N-dealkylation sites (tertiary alicyclic amines) is 1. The van der Waals surface area contributed by atoms with Crippen molar-refractivity contribution in [3.8, 4) is 0 Å². The van der Waals surface area contributed by atoms with Gasteiger partial charge >= 0.3 is 5.97 Å². The maximum absolute atomic E-state index is 11.9. The number of rotatable bonds is 4. The van der Waals surface area contributed by atoms with E-state index < -0.39 is 0 Å². The Kier molecular flexibility index (Phi) is 4.39. The van der Waals surface area contributed by atoms with Gasteiger partial charge in [0.25, 0.3) is 0 Å². The third-order valence-electron chi connectivity index (χ3n) is 3.77. The lowest BCUT2D eigenvalue weighted by molar-refractivity contribution is -0.149. The molecule has 0 aromatic rings. The molecule has 4 nitrogen and oxygen atoms in total. The Balaban J connectivity index is 1.75. The molecule has 0 radical (unpaired) electrons. The molecule has 0 saturated carbocycles. The van der Waals surface area contributed by atoms with Gasteiger partial charge < -0.3 is 9.64 Å². The summed E-state index contributed by atoms with van der Waals surface area (Å²) >= 11 is 0. The van der Waals surface area contributed by atoms with E-state index in [0.29, 0.717) is 32.0 Å². The lowest BCUT2D eigenvalue weighted by Gasteiger charge is -2.18. The fraction of sp³-hybridized carbons (Fsp3) is 0.714. The molecule has 0 aromatic carbocycles. The third kappa shape index (κ3) is 3.12. The van der Waals surface area contributed by atoms with Crippen molar-refractivity contribution in [1.29, 1.82) is 0 Å². The summed E-state index contributed by atoms with van der Waals surface area (Å²) in [6.45, 7) is 3.63. The molecule has 1 amide bonds. The molecule has 2 aliphatic rings. The number of amides is 1. The van der Waals surface area contributed by atoms with E-state index in [4.69, 9.17) is 4.74 Å². The Hall–Kier alpha value is -1.32. The van der Waals surface area contributed by atoms with E-state index in [-0.39, 0.29) is 17.8 Å². The Bertz CT molecular complexity index is 351. The van der Waals surface area contributed by atoms with E-state index >= 15 is 0 Å². The Morgan fingerprint density at radius 1 is 1.50 bits per heavy atom. The lowest BCUT2D eigenvalue weighted by atomic mass is 9.95. The number of hydrogen-bond acceptors (Lipinski definition) is 3. The molecule has 1 fully saturated rings. The van der Waals surface area contributed by atoms with Crippen molar-refractivity contribution in [3.63, 3.8) is 0 Å². The van der Waals surface area contributed by atoms with E-state index in [0.717, 1.165) is 19.3 Å². The van der Waals surface area contributed by atoms with Crippen molar-refractivity contribution >= 4 is 11.9 Å². The first-order chi connectivity index (χ1) is 8.70. The van der Waals surface area contributed by atoms with Crippen LogP contribution in [-0.2, 0) is 14.3 Å². The van der Waals surface area contributed by atoms with Crippen LogP contribution in [0.15, 0.2) is 12.2 Å². The van der Waals surface area contributed by atoms with Gasteiger partial charge in [0.1, 0.15) is 0 Å². The van der Waals surface area contributed by atoms with Gasteiger partial charge in [-0.2, -0.15) is 0 Å². The molecule has 1 aliphatic heterocycles. The van der Waals surface area contributed by atoms with Gasteiger partial charge in [-0.05, 0) is 32.1 Å². The Morgan fingerprint density at radius 3 is 2.94 bits per heavy atom. The Labute approximate surface area is 108 Å². The van der Waals surface area contributed by atoms with Crippen molar-refractivity contribution in [2.45, 2.75) is 32.6 Å². The quantitative estimate of drug-likeness (QED) is 0.565. The van der Waals surface area contributed by atoms with Crippen molar-refractivity contribution in [1.82, 2.24) is 4.90 Å². The fourth-order valence-electron chi connectivity index (χ4n) is 2.56. The number of esters is 1. The summed E-state index contributed by atoms with van der Waals surface area (Å²) in [6.07, 6.45) is 7.81. The van der Waals surface area contributed by atoms with Crippen LogP contribution >= 0.6 is 0 Å². The highest BCUT2D eigenvalue weighted by atomic mass is 16.5. The van der Waals surface area contributed by atoms with E-state index in [1.54, 1.807) is 4.90 Å². The predicted octanol–water partition coefficient (Wildman–Crippen LogP) is 1.75. The van der Waals surface area contributed by atoms with Crippen molar-refractivity contribution < 1.29 is 14.3 Å². The fourth-order valence-corrected chi connectivity index (χ4v) is 2.56. The van der Waals surface area contributed by atoms with Gasteiger partial charge in [0.15, 0.2) is 0 Å². The van der Waals surface area contributed by atoms with Gasteiger partial charge in [-0.25, -0.2) is 0 Å². The summed E-state index contributed by atoms with van der Waals surface area (Å²) in [6, 6.07) is 0. The van der Waals surface area contributed by atoms with E-state index in [9.17, 15) is 9.59 Å². The number of ether oxygens (including phenoxy) is 1. The zero-order valence-corrected chi connectivity index (χ0v) is 10.9. The molecular formula is C14H21NO3. The van der Waals surface area contributed by atoms with Crippen LogP contribution in [0.25, 0.3) is 0 Å². The molecule has 1 saturated heterocycles. The molecule has 1 heterocycles. The normalized spacial score (nSPS) is 27.6. The van der Waals surface area contributed by atoms with Crippen LogP contribution in [0.4, 0.5) is 0 Å². The molecule has 0 unspecified atom stereocenters. The van der Waals surface area contributed by atoms with Gasteiger partial charge in [0, 0.05) is 19.5 Å². The average Bonchev–Trinajstić information content (AvgIpc) is 2.78. The third-order valence-corrected chi connectivity index (χ3v) is 3.77. The zero-order chi connectivity index (χ0) is 13.0. The molecule has 0 N–H and O–H groups in total. The molecule has 4 heteroatoms. The van der Waals surface area contributed by atoms with Gasteiger partial charge in [-0.3, -0.25) is 9.59 Å². The molecule has 100 valence electrons. The van der Waals surface area contributed by atoms with Crippen LogP contribution < -0.4 is 0 Å². The SMILES string of the molecule is CCN1C[C@@H](C(=O)OC[C@@H]2CC=CCC2)CC1=O. The minimum atomic E-state index is -0.253. The van der Waals surface area contributed by atoms with Crippen LogP contribution in [0.3, 0.4) is 0 Å². The maximum Gasteiger partial charge on any atom is 0.311 e. The van der Waals surface area contributed by atoms with Crippen molar-refractivity contribution in [2.75, 3.05) is 19.7 Å². The number of hydrogen-bond donors (Lipinski definition) is 0. The molecule has 0 spiro atoms. The molecule has 2 atom stereocenters. The maximum atomic E-state index is 11.9. The van der Waals surface area contributed by atoms with Crippen molar-refractivity contribution in [2.24, 2.45) is 11.8 Å². The number of carbonyl (C=O) groups is 2. The highest BCUT2D eigenvalue weighted by molar-refractivity contribution is 5.86. The lowest BCUT2D eigenvalue weighted by Crippen LogP contribution is -2.27. The van der Waals surface area contributed by atoms with Crippen molar-refractivity contribution in [3.05, 3.63) is 12.2 Å². The van der Waals surface area contributed by atoms with Crippen LogP contribution in [0.1, 0.15) is 32.6 Å². The van der Waals surface area contributed by atoms with E-state index in [1.165, 1.54) is 0 Å². The largest absolute Gasteiger partial charge is 0.465 e. The molecule has 0 aromatic heterocycles. The van der Waals surface area contributed by atoms with Gasteiger partial charge in [-0.15, -0.1) is 0 Å². The second kappa shape index (κ2) is 6.03. The summed E-state index contributed by atoms with van der Waals surface area (Å²) < 4.78 is 5.35. The van der Waals surface area contributed by atoms with Gasteiger partial charge in [-0.1, -0.05) is 12.2 Å². The van der Waals surface area contributed by atoms with E-state index in [1.807, 2.05) is 6.92 Å². The first-order valence-electron chi connectivity index (χ1n) is 6.80. The van der Waals surface area contributed by atoms with Gasteiger partial charge in [0.2, 0.25) is 5.91 Å². The monoisotopic (exact) mass is 251 g/mol. The molecule has 1 aliphatic carbocycles. The highest BCUT2D eigenvalue weighted by Gasteiger charge is 2.34. The smallest absolute Gasteiger partial charge is 0.311 e. The molecule has 0 bridgehead atoms. The number of nitrogens with zero attached hydrogens (tertiary/aromatic N) is 1. The first-order valence-corrected chi connectivity index (χ1v) is 6.80. The van der Waals surface area contributed by atoms with E-state index in [2.05, 4.69) is 12.2 Å². The summed E-state index contributed by atoms with van der Waals surface area (Å²) in [4.78, 5) is 25.1. The molecular weight excluding hydrogens is 230 g/mol. The second-order valence-electron chi connectivity index (χ2n) is 5.11. The average molecular weight is 251 g/mol. The van der Waals surface area contributed by atoms with Crippen LogP contribution in [-0.4, -0.2) is 36.5 Å². The predicted molar refractivity (Wildman–Crippen MR) is 67.8 cm³/mol. The van der Waals surface area contributed by atoms with Crippen LogP contribution in [0, 0.1) is 11.8 Å². The number of carbonyl (C=O) groups excluding carboxylic acids is 2. The van der Waals surface area contributed by atoms with Gasteiger partial charge in [0.05, 0.1) is 12.5 Å². The molecule has 2 rings (SSSR count). The summed E-state index contributed by atoms with van der Waals surface area (Å²) in [5.41, 5.74) is 0. The minimum absolute atomic E-state index is 0.0695. The topological polar surface area (TPSA) is 46.6 Å².